The molecule has 1 aliphatic heterocycles. The molecule has 0 N–H and O–H groups in total. The van der Waals surface area contributed by atoms with Gasteiger partial charge < -0.3 is 9.47 Å². The molecule has 0 aromatic rings. The first kappa shape index (κ1) is 9.63. The average Bonchev–Trinajstić information content (AvgIpc) is 2.89. The third kappa shape index (κ3) is 1.24. The summed E-state index contributed by atoms with van der Waals surface area (Å²) in [5, 5.41) is 0. The van der Waals surface area contributed by atoms with Crippen LogP contribution in [-0.2, 0) is 9.47 Å². The second-order valence-electron chi connectivity index (χ2n) is 4.22. The Morgan fingerprint density at radius 3 is 2.43 bits per heavy atom. The Hall–Kier alpha value is -0.920. The van der Waals surface area contributed by atoms with Crippen LogP contribution in [0.2, 0.25) is 0 Å². The van der Waals surface area contributed by atoms with Crippen LogP contribution >= 0.6 is 0 Å². The van der Waals surface area contributed by atoms with Crippen LogP contribution in [0.5, 0.6) is 0 Å². The molecule has 2 nitrogen and oxygen atoms in total. The van der Waals surface area contributed by atoms with E-state index in [2.05, 4.69) is 13.5 Å². The van der Waals surface area contributed by atoms with E-state index in [1.54, 1.807) is 12.5 Å². The van der Waals surface area contributed by atoms with Crippen LogP contribution in [0.1, 0.15) is 39.0 Å². The molecular formula is C12H18O2. The summed E-state index contributed by atoms with van der Waals surface area (Å²) in [6.07, 6.45) is 10.9. The zero-order valence-electron chi connectivity index (χ0n) is 8.79. The zero-order chi connectivity index (χ0) is 10.1. The van der Waals surface area contributed by atoms with E-state index in [-0.39, 0.29) is 5.41 Å². The second-order valence-corrected chi connectivity index (χ2v) is 4.22. The van der Waals surface area contributed by atoms with Crippen LogP contribution in [0.15, 0.2) is 25.2 Å². The summed E-state index contributed by atoms with van der Waals surface area (Å²) in [6.45, 7) is 6.09. The smallest absolute Gasteiger partial charge is 0.258 e. The molecule has 78 valence electrons. The minimum absolute atomic E-state index is 0.0751. The maximum Gasteiger partial charge on any atom is 0.258 e. The second kappa shape index (κ2) is 3.34. The van der Waals surface area contributed by atoms with Crippen LogP contribution in [0.25, 0.3) is 0 Å². The Bertz CT molecular complexity index is 243. The molecule has 0 bridgehead atoms. The summed E-state index contributed by atoms with van der Waals surface area (Å²) in [5.41, 5.74) is 0.0751. The molecule has 1 heterocycles. The third-order valence-electron chi connectivity index (χ3n) is 3.37. The van der Waals surface area contributed by atoms with Crippen molar-refractivity contribution < 1.29 is 9.47 Å². The highest BCUT2D eigenvalue weighted by molar-refractivity contribution is 5.16. The van der Waals surface area contributed by atoms with Gasteiger partial charge >= 0.3 is 0 Å². The first-order valence-electron chi connectivity index (χ1n) is 5.43. The van der Waals surface area contributed by atoms with Crippen molar-refractivity contribution in [2.24, 2.45) is 5.41 Å². The van der Waals surface area contributed by atoms with Gasteiger partial charge in [-0.3, -0.25) is 0 Å². The van der Waals surface area contributed by atoms with Gasteiger partial charge in [0, 0.05) is 6.42 Å². The molecule has 14 heavy (non-hydrogen) atoms. The quantitative estimate of drug-likeness (QED) is 0.625. The van der Waals surface area contributed by atoms with E-state index in [4.69, 9.17) is 9.47 Å². The standard InChI is InChI=1S/C12H18O2/c1-3-5-6-12(13-9-10-14-12)11(4-2)7-8-11/h4,9-10H,2-3,5-8H2,1H3. The van der Waals surface area contributed by atoms with E-state index in [1.807, 2.05) is 6.08 Å². The van der Waals surface area contributed by atoms with E-state index in [1.165, 1.54) is 6.42 Å². The van der Waals surface area contributed by atoms with Crippen LogP contribution in [-0.4, -0.2) is 5.79 Å². The van der Waals surface area contributed by atoms with Crippen molar-refractivity contribution in [3.05, 3.63) is 25.2 Å². The SMILES string of the molecule is C=CC1(C2(CCCC)OC=CO2)CC1. The third-order valence-corrected chi connectivity index (χ3v) is 3.37. The van der Waals surface area contributed by atoms with Crippen molar-refractivity contribution in [2.75, 3.05) is 0 Å². The van der Waals surface area contributed by atoms with Crippen molar-refractivity contribution in [3.8, 4) is 0 Å². The minimum Gasteiger partial charge on any atom is -0.456 e. The highest BCUT2D eigenvalue weighted by Gasteiger charge is 2.61. The molecular weight excluding hydrogens is 176 g/mol. The van der Waals surface area contributed by atoms with E-state index >= 15 is 0 Å². The van der Waals surface area contributed by atoms with E-state index < -0.39 is 5.79 Å². The molecule has 0 spiro atoms. The summed E-state index contributed by atoms with van der Waals surface area (Å²) >= 11 is 0. The molecule has 1 saturated carbocycles. The van der Waals surface area contributed by atoms with Crippen LogP contribution in [0, 0.1) is 5.41 Å². The lowest BCUT2D eigenvalue weighted by molar-refractivity contribution is -0.185. The first-order chi connectivity index (χ1) is 6.79. The largest absolute Gasteiger partial charge is 0.456 e. The monoisotopic (exact) mass is 194 g/mol. The maximum atomic E-state index is 5.69. The molecule has 2 aliphatic rings. The van der Waals surface area contributed by atoms with Gasteiger partial charge in [-0.25, -0.2) is 0 Å². The Morgan fingerprint density at radius 2 is 2.00 bits per heavy atom. The average molecular weight is 194 g/mol. The predicted molar refractivity (Wildman–Crippen MR) is 55.4 cm³/mol. The fourth-order valence-electron chi connectivity index (χ4n) is 2.19. The molecule has 2 rings (SSSR count). The van der Waals surface area contributed by atoms with Crippen molar-refractivity contribution in [2.45, 2.75) is 44.8 Å². The summed E-state index contributed by atoms with van der Waals surface area (Å²) in [5.74, 6) is -0.426. The highest BCUT2D eigenvalue weighted by atomic mass is 16.7. The van der Waals surface area contributed by atoms with Gasteiger partial charge in [0.15, 0.2) is 0 Å². The van der Waals surface area contributed by atoms with Gasteiger partial charge in [0.05, 0.1) is 5.41 Å². The molecule has 0 atom stereocenters. The van der Waals surface area contributed by atoms with Gasteiger partial charge in [0.25, 0.3) is 5.79 Å². The minimum atomic E-state index is -0.426. The lowest BCUT2D eigenvalue weighted by Crippen LogP contribution is -2.39. The number of ether oxygens (including phenoxy) is 2. The molecule has 0 saturated heterocycles. The molecule has 2 heteroatoms. The van der Waals surface area contributed by atoms with Gasteiger partial charge in [0.2, 0.25) is 0 Å². The Labute approximate surface area is 85.6 Å². The molecule has 1 fully saturated rings. The van der Waals surface area contributed by atoms with Gasteiger partial charge in [0.1, 0.15) is 12.5 Å². The lowest BCUT2D eigenvalue weighted by Gasteiger charge is -2.34. The van der Waals surface area contributed by atoms with E-state index in [9.17, 15) is 0 Å². The van der Waals surface area contributed by atoms with E-state index in [0.717, 1.165) is 25.7 Å². The molecule has 0 aromatic heterocycles. The number of hydrogen-bond acceptors (Lipinski definition) is 2. The lowest BCUT2D eigenvalue weighted by atomic mass is 9.90. The predicted octanol–water partition coefficient (Wildman–Crippen LogP) is 3.36. The van der Waals surface area contributed by atoms with Crippen LogP contribution in [0.4, 0.5) is 0 Å². The topological polar surface area (TPSA) is 18.5 Å². The van der Waals surface area contributed by atoms with Crippen LogP contribution < -0.4 is 0 Å². The molecule has 1 aliphatic carbocycles. The van der Waals surface area contributed by atoms with Crippen molar-refractivity contribution in [1.29, 1.82) is 0 Å². The fraction of sp³-hybridized carbons (Fsp3) is 0.667. The molecule has 0 radical (unpaired) electrons. The normalized spacial score (nSPS) is 25.2. The van der Waals surface area contributed by atoms with Gasteiger partial charge in [-0.2, -0.15) is 0 Å². The van der Waals surface area contributed by atoms with Gasteiger partial charge in [-0.05, 0) is 19.3 Å². The zero-order valence-corrected chi connectivity index (χ0v) is 8.79. The highest BCUT2D eigenvalue weighted by Crippen LogP contribution is 2.60. The Morgan fingerprint density at radius 1 is 1.36 bits per heavy atom. The molecule has 0 aromatic carbocycles. The summed E-state index contributed by atoms with van der Waals surface area (Å²) < 4.78 is 11.4. The first-order valence-corrected chi connectivity index (χ1v) is 5.43. The van der Waals surface area contributed by atoms with Gasteiger partial charge in [-0.15, -0.1) is 6.58 Å². The Balaban J connectivity index is 2.10. The van der Waals surface area contributed by atoms with E-state index in [0.29, 0.717) is 0 Å². The van der Waals surface area contributed by atoms with Crippen molar-refractivity contribution in [1.82, 2.24) is 0 Å². The van der Waals surface area contributed by atoms with Crippen molar-refractivity contribution >= 4 is 0 Å². The van der Waals surface area contributed by atoms with Crippen molar-refractivity contribution in [3.63, 3.8) is 0 Å². The number of rotatable bonds is 5. The summed E-state index contributed by atoms with van der Waals surface area (Å²) in [6, 6.07) is 0. The number of hydrogen-bond donors (Lipinski definition) is 0. The number of unbranched alkanes of at least 4 members (excludes halogenated alkanes) is 1. The molecule has 0 unspecified atom stereocenters. The summed E-state index contributed by atoms with van der Waals surface area (Å²) in [7, 11) is 0. The Kier molecular flexibility index (Phi) is 2.30. The fourth-order valence-corrected chi connectivity index (χ4v) is 2.19. The maximum absolute atomic E-state index is 5.69. The van der Waals surface area contributed by atoms with Gasteiger partial charge in [-0.1, -0.05) is 19.4 Å². The summed E-state index contributed by atoms with van der Waals surface area (Å²) in [4.78, 5) is 0. The molecule has 0 amide bonds. The van der Waals surface area contributed by atoms with Crippen LogP contribution in [0.3, 0.4) is 0 Å².